The van der Waals surface area contributed by atoms with E-state index in [4.69, 9.17) is 5.73 Å². The highest BCUT2D eigenvalue weighted by Gasteiger charge is 2.24. The number of hydrogen-bond acceptors (Lipinski definition) is 4. The Bertz CT molecular complexity index is 697. The number of carbonyl (C=O) groups is 1. The molecule has 0 spiro atoms. The molecule has 1 aromatic carbocycles. The fraction of sp³-hybridized carbons (Fsp3) is 0.412. The largest absolute Gasteiger partial charge is 0.398 e. The van der Waals surface area contributed by atoms with Crippen LogP contribution >= 0.6 is 0 Å². The zero-order valence-corrected chi connectivity index (χ0v) is 13.2. The fourth-order valence-corrected chi connectivity index (χ4v) is 3.09. The van der Waals surface area contributed by atoms with E-state index in [-0.39, 0.29) is 5.91 Å². The summed E-state index contributed by atoms with van der Waals surface area (Å²) in [7, 11) is 0. The molecule has 1 aliphatic heterocycles. The van der Waals surface area contributed by atoms with Gasteiger partial charge in [0.1, 0.15) is 5.69 Å². The average Bonchev–Trinajstić information content (AvgIpc) is 2.55. The van der Waals surface area contributed by atoms with Crippen molar-refractivity contribution in [2.24, 2.45) is 0 Å². The van der Waals surface area contributed by atoms with Gasteiger partial charge in [0.2, 0.25) is 0 Å². The second kappa shape index (κ2) is 5.93. The van der Waals surface area contributed by atoms with Gasteiger partial charge in [0.25, 0.3) is 5.91 Å². The molecular weight excluding hydrogens is 276 g/mol. The van der Waals surface area contributed by atoms with Gasteiger partial charge in [0, 0.05) is 48.8 Å². The van der Waals surface area contributed by atoms with E-state index < -0.39 is 0 Å². The maximum absolute atomic E-state index is 12.8. The minimum Gasteiger partial charge on any atom is -0.398 e. The number of carbonyl (C=O) groups excluding carboxylic acids is 1. The summed E-state index contributed by atoms with van der Waals surface area (Å²) >= 11 is 0. The van der Waals surface area contributed by atoms with Gasteiger partial charge in [0.15, 0.2) is 0 Å². The van der Waals surface area contributed by atoms with Crippen molar-refractivity contribution in [3.05, 3.63) is 35.7 Å². The Hall–Kier alpha value is -2.14. The summed E-state index contributed by atoms with van der Waals surface area (Å²) in [4.78, 5) is 21.5. The first-order valence-corrected chi connectivity index (χ1v) is 7.77. The topological polar surface area (TPSA) is 62.5 Å². The van der Waals surface area contributed by atoms with Crippen LogP contribution in [0.3, 0.4) is 0 Å². The number of fused-ring (bicyclic) bond motifs is 1. The summed E-state index contributed by atoms with van der Waals surface area (Å²) in [5.41, 5.74) is 8.29. The number of nitrogens with two attached hydrogens (primary N) is 1. The third kappa shape index (κ3) is 2.52. The highest BCUT2D eigenvalue weighted by atomic mass is 16.2. The highest BCUT2D eigenvalue weighted by molar-refractivity contribution is 6.09. The molecular formula is C17H22N4O. The number of nitrogen functional groups attached to an aromatic ring is 1. The molecule has 1 fully saturated rings. The molecule has 2 heterocycles. The molecule has 2 aromatic rings. The number of likely N-dealkylation sites (N-methyl/N-ethyl adjacent to an activating group) is 1. The summed E-state index contributed by atoms with van der Waals surface area (Å²) in [6, 6.07) is 5.68. The van der Waals surface area contributed by atoms with Gasteiger partial charge in [-0.1, -0.05) is 19.1 Å². The van der Waals surface area contributed by atoms with Crippen LogP contribution in [0.5, 0.6) is 0 Å². The predicted octanol–water partition coefficient (Wildman–Crippen LogP) is 1.90. The Kier molecular flexibility index (Phi) is 3.98. The van der Waals surface area contributed by atoms with E-state index in [0.717, 1.165) is 49.1 Å². The first-order chi connectivity index (χ1) is 10.6. The SMILES string of the molecule is CCN1CCN(C(=O)c2ncc(C)c3c(N)cccc23)CC1. The number of rotatable bonds is 2. The lowest BCUT2D eigenvalue weighted by Gasteiger charge is -2.34. The third-order valence-corrected chi connectivity index (χ3v) is 4.44. The molecule has 0 aliphatic carbocycles. The van der Waals surface area contributed by atoms with Crippen molar-refractivity contribution in [1.82, 2.24) is 14.8 Å². The molecule has 1 aliphatic rings. The summed E-state index contributed by atoms with van der Waals surface area (Å²) < 4.78 is 0. The van der Waals surface area contributed by atoms with Crippen LogP contribution in [-0.2, 0) is 0 Å². The molecule has 1 amide bonds. The van der Waals surface area contributed by atoms with Crippen LogP contribution in [0.15, 0.2) is 24.4 Å². The summed E-state index contributed by atoms with van der Waals surface area (Å²) in [6.07, 6.45) is 1.74. The smallest absolute Gasteiger partial charge is 0.273 e. The monoisotopic (exact) mass is 298 g/mol. The van der Waals surface area contributed by atoms with Gasteiger partial charge >= 0.3 is 0 Å². The molecule has 0 saturated carbocycles. The zero-order valence-electron chi connectivity index (χ0n) is 13.2. The lowest BCUT2D eigenvalue weighted by atomic mass is 10.0. The minimum absolute atomic E-state index is 0.00588. The quantitative estimate of drug-likeness (QED) is 0.860. The molecule has 116 valence electrons. The number of amides is 1. The van der Waals surface area contributed by atoms with Crippen molar-refractivity contribution in [1.29, 1.82) is 0 Å². The predicted molar refractivity (Wildman–Crippen MR) is 88.9 cm³/mol. The Labute approximate surface area is 130 Å². The number of aryl methyl sites for hydroxylation is 1. The molecule has 0 atom stereocenters. The van der Waals surface area contributed by atoms with Crippen LogP contribution < -0.4 is 5.73 Å². The van der Waals surface area contributed by atoms with Crippen LogP contribution in [0, 0.1) is 6.92 Å². The molecule has 0 bridgehead atoms. The van der Waals surface area contributed by atoms with E-state index in [1.807, 2.05) is 30.0 Å². The molecule has 5 nitrogen and oxygen atoms in total. The second-order valence-corrected chi connectivity index (χ2v) is 5.79. The van der Waals surface area contributed by atoms with Crippen LogP contribution in [-0.4, -0.2) is 53.4 Å². The number of hydrogen-bond donors (Lipinski definition) is 1. The average molecular weight is 298 g/mol. The van der Waals surface area contributed by atoms with E-state index in [2.05, 4.69) is 16.8 Å². The molecule has 0 radical (unpaired) electrons. The van der Waals surface area contributed by atoms with E-state index in [0.29, 0.717) is 11.4 Å². The number of benzene rings is 1. The fourth-order valence-electron chi connectivity index (χ4n) is 3.09. The molecule has 22 heavy (non-hydrogen) atoms. The number of anilines is 1. The maximum Gasteiger partial charge on any atom is 0.273 e. The van der Waals surface area contributed by atoms with Gasteiger partial charge in [-0.05, 0) is 25.1 Å². The number of piperazine rings is 1. The normalized spacial score (nSPS) is 16.2. The second-order valence-electron chi connectivity index (χ2n) is 5.79. The number of aromatic nitrogens is 1. The van der Waals surface area contributed by atoms with Crippen molar-refractivity contribution in [2.75, 3.05) is 38.5 Å². The van der Waals surface area contributed by atoms with Crippen LogP contribution in [0.1, 0.15) is 23.0 Å². The number of pyridine rings is 1. The van der Waals surface area contributed by atoms with Gasteiger partial charge in [-0.15, -0.1) is 0 Å². The van der Waals surface area contributed by atoms with Gasteiger partial charge < -0.3 is 15.5 Å². The summed E-state index contributed by atoms with van der Waals surface area (Å²) in [5.74, 6) is 0.00588. The van der Waals surface area contributed by atoms with Crippen molar-refractivity contribution in [2.45, 2.75) is 13.8 Å². The standard InChI is InChI=1S/C17H22N4O/c1-3-20-7-9-21(10-8-20)17(22)16-13-5-4-6-14(18)15(13)12(2)11-19-16/h4-6,11H,3,7-10,18H2,1-2H3. The molecule has 1 aromatic heterocycles. The van der Waals surface area contributed by atoms with E-state index >= 15 is 0 Å². The molecule has 2 N–H and O–H groups in total. The van der Waals surface area contributed by atoms with Crippen molar-refractivity contribution >= 4 is 22.4 Å². The highest BCUT2D eigenvalue weighted by Crippen LogP contribution is 2.27. The third-order valence-electron chi connectivity index (χ3n) is 4.44. The van der Waals surface area contributed by atoms with Crippen LogP contribution in [0.2, 0.25) is 0 Å². The Balaban J connectivity index is 1.95. The zero-order chi connectivity index (χ0) is 15.7. The van der Waals surface area contributed by atoms with Gasteiger partial charge in [-0.2, -0.15) is 0 Å². The van der Waals surface area contributed by atoms with Crippen LogP contribution in [0.25, 0.3) is 10.8 Å². The van der Waals surface area contributed by atoms with Gasteiger partial charge in [-0.3, -0.25) is 9.78 Å². The van der Waals surface area contributed by atoms with Crippen LogP contribution in [0.4, 0.5) is 5.69 Å². The summed E-state index contributed by atoms with van der Waals surface area (Å²) in [5, 5.41) is 1.79. The van der Waals surface area contributed by atoms with E-state index in [1.165, 1.54) is 0 Å². The summed E-state index contributed by atoms with van der Waals surface area (Å²) in [6.45, 7) is 8.51. The minimum atomic E-state index is 0.00588. The first kappa shape index (κ1) is 14.8. The van der Waals surface area contributed by atoms with Gasteiger partial charge in [0.05, 0.1) is 0 Å². The van der Waals surface area contributed by atoms with Gasteiger partial charge in [-0.25, -0.2) is 0 Å². The first-order valence-electron chi connectivity index (χ1n) is 7.77. The maximum atomic E-state index is 12.8. The molecule has 0 unspecified atom stereocenters. The van der Waals surface area contributed by atoms with E-state index in [1.54, 1.807) is 6.20 Å². The Morgan fingerprint density at radius 2 is 2.00 bits per heavy atom. The van der Waals surface area contributed by atoms with E-state index in [9.17, 15) is 4.79 Å². The Morgan fingerprint density at radius 1 is 1.27 bits per heavy atom. The Morgan fingerprint density at radius 3 is 2.68 bits per heavy atom. The molecule has 3 rings (SSSR count). The lowest BCUT2D eigenvalue weighted by Crippen LogP contribution is -2.48. The number of nitrogens with zero attached hydrogens (tertiary/aromatic N) is 3. The lowest BCUT2D eigenvalue weighted by molar-refractivity contribution is 0.0640. The molecule has 5 heteroatoms. The van der Waals surface area contributed by atoms with Crippen molar-refractivity contribution in [3.63, 3.8) is 0 Å². The van der Waals surface area contributed by atoms with Crippen molar-refractivity contribution < 1.29 is 4.79 Å². The molecule has 1 saturated heterocycles. The van der Waals surface area contributed by atoms with Crippen molar-refractivity contribution in [3.8, 4) is 0 Å².